The van der Waals surface area contributed by atoms with Crippen molar-refractivity contribution in [3.05, 3.63) is 131 Å². The molecule has 6 rings (SSSR count). The van der Waals surface area contributed by atoms with Crippen molar-refractivity contribution in [2.75, 3.05) is 0 Å². The molecule has 0 spiro atoms. The molecule has 0 unspecified atom stereocenters. The van der Waals surface area contributed by atoms with Gasteiger partial charge in [-0.25, -0.2) is 0 Å². The largest absolute Gasteiger partial charge is 0.132 e. The first-order valence-electron chi connectivity index (χ1n) is 10.5. The minimum absolute atomic E-state index is 1.15. The van der Waals surface area contributed by atoms with Gasteiger partial charge in [-0.15, -0.1) is 11.3 Å². The van der Waals surface area contributed by atoms with Crippen molar-refractivity contribution in [3.63, 3.8) is 0 Å². The number of allylic oxidation sites excluding steroid dienone is 6. The molecule has 1 heterocycles. The molecule has 0 atom stereocenters. The third kappa shape index (κ3) is 3.34. The summed E-state index contributed by atoms with van der Waals surface area (Å²) in [6.07, 6.45) is 9.82. The van der Waals surface area contributed by atoms with Crippen molar-refractivity contribution in [2.45, 2.75) is 0 Å². The molecule has 0 amide bonds. The van der Waals surface area contributed by atoms with E-state index in [2.05, 4.69) is 131 Å². The zero-order valence-corrected chi connectivity index (χ0v) is 19.6. The fourth-order valence-corrected chi connectivity index (χ4v) is 6.14. The molecule has 0 fully saturated rings. The highest BCUT2D eigenvalue weighted by Crippen LogP contribution is 2.42. The fourth-order valence-electron chi connectivity index (χ4n) is 4.29. The Labute approximate surface area is 200 Å². The molecule has 1 aromatic heterocycles. The van der Waals surface area contributed by atoms with Gasteiger partial charge in [-0.2, -0.15) is 0 Å². The van der Waals surface area contributed by atoms with Crippen molar-refractivity contribution in [1.29, 1.82) is 0 Å². The molecule has 0 N–H and O–H groups in total. The van der Waals surface area contributed by atoms with Gasteiger partial charge < -0.3 is 0 Å². The van der Waals surface area contributed by atoms with Crippen LogP contribution in [0.4, 0.5) is 0 Å². The van der Waals surface area contributed by atoms with E-state index in [0.717, 1.165) is 4.47 Å². The van der Waals surface area contributed by atoms with E-state index in [9.17, 15) is 0 Å². The zero-order chi connectivity index (χ0) is 21.5. The predicted molar refractivity (Wildman–Crippen MR) is 143 cm³/mol. The van der Waals surface area contributed by atoms with Crippen LogP contribution in [-0.2, 0) is 0 Å². The van der Waals surface area contributed by atoms with Gasteiger partial charge in [0.15, 0.2) is 0 Å². The Hall–Kier alpha value is -3.29. The second kappa shape index (κ2) is 8.00. The van der Waals surface area contributed by atoms with Gasteiger partial charge in [-0.1, -0.05) is 66.7 Å². The topological polar surface area (TPSA) is 0 Å². The maximum Gasteiger partial charge on any atom is 0.111 e. The summed E-state index contributed by atoms with van der Waals surface area (Å²) >= 11 is 5.58. The Balaban J connectivity index is 1.41. The van der Waals surface area contributed by atoms with Crippen LogP contribution >= 0.6 is 27.3 Å². The summed E-state index contributed by atoms with van der Waals surface area (Å²) in [7, 11) is 0. The number of hydrogen-bond donors (Lipinski definition) is 0. The number of hydrogen-bond acceptors (Lipinski definition) is 1. The maximum atomic E-state index is 3.72. The lowest BCUT2D eigenvalue weighted by Crippen LogP contribution is -1.89. The third-order valence-electron chi connectivity index (χ3n) is 5.90. The summed E-state index contributed by atoms with van der Waals surface area (Å²) in [5.41, 5.74) is 7.31. The first kappa shape index (κ1) is 19.4. The van der Waals surface area contributed by atoms with Gasteiger partial charge >= 0.3 is 0 Å². The Kier molecular flexibility index (Phi) is 4.85. The van der Waals surface area contributed by atoms with E-state index in [0.29, 0.717) is 0 Å². The van der Waals surface area contributed by atoms with E-state index in [1.165, 1.54) is 53.6 Å². The van der Waals surface area contributed by atoms with Crippen LogP contribution in [-0.4, -0.2) is 0 Å². The molecule has 4 aromatic carbocycles. The standard InChI is InChI=1S/C30H18BrS/c31-28-14-6-13-27-26-12-5-11-25(29(26)32-30(27)28)24-10-4-9-23(19-24)22-17-15-21(16-18-22)20-7-2-1-3-8-20/h1-3,5-19H/q+1. The average molecular weight is 490 g/mol. The van der Waals surface area contributed by atoms with Gasteiger partial charge in [0.25, 0.3) is 0 Å². The SMILES string of the molecule is Brc1cccc2c1sc1c(C3=C[C+]=CC(c4ccc(-c5ccccc5)cc4)=C3)cccc12. The Morgan fingerprint density at radius 3 is 2.09 bits per heavy atom. The van der Waals surface area contributed by atoms with E-state index < -0.39 is 0 Å². The summed E-state index contributed by atoms with van der Waals surface area (Å²) in [5, 5.41) is 2.61. The third-order valence-corrected chi connectivity index (χ3v) is 8.11. The number of fused-ring (bicyclic) bond motifs is 3. The second-order valence-corrected chi connectivity index (χ2v) is 9.73. The van der Waals surface area contributed by atoms with Gasteiger partial charge in [0.1, 0.15) is 12.2 Å². The van der Waals surface area contributed by atoms with E-state index >= 15 is 0 Å². The van der Waals surface area contributed by atoms with Crippen LogP contribution in [0.5, 0.6) is 0 Å². The van der Waals surface area contributed by atoms with Crippen LogP contribution in [0.2, 0.25) is 0 Å². The molecule has 2 heteroatoms. The van der Waals surface area contributed by atoms with Gasteiger partial charge in [-0.05, 0) is 51.3 Å². The molecular weight excluding hydrogens is 472 g/mol. The van der Waals surface area contributed by atoms with Gasteiger partial charge in [-0.3, -0.25) is 0 Å². The Morgan fingerprint density at radius 1 is 0.594 bits per heavy atom. The minimum atomic E-state index is 1.15. The van der Waals surface area contributed by atoms with Crippen molar-refractivity contribution in [3.8, 4) is 11.1 Å². The monoisotopic (exact) mass is 489 g/mol. The summed E-state index contributed by atoms with van der Waals surface area (Å²) in [6, 6.07) is 32.3. The number of halogens is 1. The summed E-state index contributed by atoms with van der Waals surface area (Å²) in [4.78, 5) is 0. The molecule has 32 heavy (non-hydrogen) atoms. The van der Waals surface area contributed by atoms with E-state index in [-0.39, 0.29) is 0 Å². The van der Waals surface area contributed by atoms with E-state index in [4.69, 9.17) is 0 Å². The highest BCUT2D eigenvalue weighted by atomic mass is 79.9. The molecule has 0 saturated heterocycles. The molecule has 150 valence electrons. The van der Waals surface area contributed by atoms with Crippen molar-refractivity contribution in [1.82, 2.24) is 0 Å². The lowest BCUT2D eigenvalue weighted by molar-refractivity contribution is 1.57. The predicted octanol–water partition coefficient (Wildman–Crippen LogP) is 9.32. The highest BCUT2D eigenvalue weighted by molar-refractivity contribution is 9.10. The average Bonchev–Trinajstić information content (AvgIpc) is 3.25. The number of rotatable bonds is 3. The molecule has 0 saturated carbocycles. The molecule has 1 aliphatic carbocycles. The maximum absolute atomic E-state index is 3.72. The van der Waals surface area contributed by atoms with Crippen molar-refractivity contribution < 1.29 is 0 Å². The molecule has 5 aromatic rings. The van der Waals surface area contributed by atoms with Gasteiger partial charge in [0.2, 0.25) is 0 Å². The number of benzene rings is 4. The molecule has 0 bridgehead atoms. The normalized spacial score (nSPS) is 13.2. The van der Waals surface area contributed by atoms with Crippen LogP contribution in [0.3, 0.4) is 0 Å². The second-order valence-electron chi connectivity index (χ2n) is 7.85. The molecule has 0 radical (unpaired) electrons. The van der Waals surface area contributed by atoms with Crippen LogP contribution in [0, 0.1) is 6.08 Å². The summed E-state index contributed by atoms with van der Waals surface area (Å²) in [5.74, 6) is 0. The van der Waals surface area contributed by atoms with Crippen LogP contribution in [0.15, 0.2) is 114 Å². The van der Waals surface area contributed by atoms with Crippen LogP contribution in [0.1, 0.15) is 11.1 Å². The van der Waals surface area contributed by atoms with Crippen LogP contribution in [0.25, 0.3) is 42.4 Å². The Bertz CT molecular complexity index is 1550. The van der Waals surface area contributed by atoms with Crippen molar-refractivity contribution >= 4 is 58.6 Å². The zero-order valence-electron chi connectivity index (χ0n) is 17.2. The lowest BCUT2D eigenvalue weighted by Gasteiger charge is -2.05. The lowest BCUT2D eigenvalue weighted by atomic mass is 9.93. The molecule has 0 nitrogen and oxygen atoms in total. The van der Waals surface area contributed by atoms with Gasteiger partial charge in [0.05, 0.1) is 27.5 Å². The molecular formula is C30H18BrS+. The number of thiophene rings is 1. The Morgan fingerprint density at radius 2 is 1.28 bits per heavy atom. The van der Waals surface area contributed by atoms with Gasteiger partial charge in [0, 0.05) is 31.6 Å². The summed E-state index contributed by atoms with van der Waals surface area (Å²) < 4.78 is 3.77. The first-order valence-corrected chi connectivity index (χ1v) is 12.2. The summed E-state index contributed by atoms with van der Waals surface area (Å²) in [6.45, 7) is 0. The fraction of sp³-hybridized carbons (Fsp3) is 0. The minimum Gasteiger partial charge on any atom is -0.132 e. The van der Waals surface area contributed by atoms with Crippen LogP contribution < -0.4 is 0 Å². The highest BCUT2D eigenvalue weighted by Gasteiger charge is 2.19. The van der Waals surface area contributed by atoms with Crippen molar-refractivity contribution in [2.24, 2.45) is 0 Å². The smallest absolute Gasteiger partial charge is 0.111 e. The van der Waals surface area contributed by atoms with E-state index in [1.54, 1.807) is 0 Å². The van der Waals surface area contributed by atoms with E-state index in [1.807, 2.05) is 11.3 Å². The molecule has 1 aliphatic rings. The molecule has 0 aliphatic heterocycles. The first-order chi connectivity index (χ1) is 15.8. The quantitative estimate of drug-likeness (QED) is 0.221.